The third-order valence-corrected chi connectivity index (χ3v) is 17.7. The van der Waals surface area contributed by atoms with E-state index >= 15 is 0 Å². The Kier molecular flexibility index (Phi) is 12.2. The van der Waals surface area contributed by atoms with Crippen molar-refractivity contribution in [2.45, 2.75) is 194 Å². The fraction of sp³-hybridized carbons (Fsp3) is 0.911. The molecule has 0 bridgehead atoms. The fourth-order valence-electron chi connectivity index (χ4n) is 14.1. The van der Waals surface area contributed by atoms with E-state index in [1.54, 1.807) is 0 Å². The van der Waals surface area contributed by atoms with E-state index in [0.29, 0.717) is 11.8 Å². The van der Waals surface area contributed by atoms with Crippen LogP contribution in [0.5, 0.6) is 0 Å². The molecule has 5 rings (SSSR count). The van der Waals surface area contributed by atoms with Crippen molar-refractivity contribution >= 4 is 11.9 Å². The maximum atomic E-state index is 14.5. The van der Waals surface area contributed by atoms with Crippen molar-refractivity contribution in [1.82, 2.24) is 0 Å². The van der Waals surface area contributed by atoms with Gasteiger partial charge in [-0.25, -0.2) is 0 Å². The SMILES string of the molecule is CC.CC.CC[C@@]12CC[C@]3(C)[C@](CC)(CC=C4[C@@]3(C)CC[C@@]3(C(=O)OCOC(=O)C(C)(C)C)CC[C@@H](C)[C@H](C)[C@@]43C)[C@@]1(C)CC[C@H](O)C2(C)C. The molecule has 0 radical (unpaired) electrons. The van der Waals surface area contributed by atoms with Crippen LogP contribution in [0, 0.1) is 60.6 Å². The molecule has 0 heterocycles. The first kappa shape index (κ1) is 43.0. The molecule has 0 aliphatic heterocycles. The summed E-state index contributed by atoms with van der Waals surface area (Å²) in [6.07, 6.45) is 13.4. The number of allylic oxidation sites excluding steroid dienone is 2. The molecule has 0 aromatic heterocycles. The fourth-order valence-corrected chi connectivity index (χ4v) is 14.1. The van der Waals surface area contributed by atoms with E-state index in [9.17, 15) is 14.7 Å². The van der Waals surface area contributed by atoms with Gasteiger partial charge in [-0.2, -0.15) is 0 Å². The van der Waals surface area contributed by atoms with E-state index in [1.807, 2.05) is 48.5 Å². The minimum Gasteiger partial charge on any atom is -0.427 e. The number of fused-ring (bicyclic) bond motifs is 7. The summed E-state index contributed by atoms with van der Waals surface area (Å²) in [5.41, 5.74) is -0.0543. The Bertz CT molecular complexity index is 1280. The van der Waals surface area contributed by atoms with Crippen molar-refractivity contribution < 1.29 is 24.2 Å². The molecular weight excluding hydrogens is 620 g/mol. The Hall–Kier alpha value is -1.36. The van der Waals surface area contributed by atoms with Crippen LogP contribution in [0.25, 0.3) is 0 Å². The predicted octanol–water partition coefficient (Wildman–Crippen LogP) is 12.1. The minimum atomic E-state index is -0.646. The van der Waals surface area contributed by atoms with Crippen molar-refractivity contribution in [3.8, 4) is 0 Å². The van der Waals surface area contributed by atoms with Gasteiger partial charge in [0, 0.05) is 5.41 Å². The Labute approximate surface area is 308 Å². The zero-order chi connectivity index (χ0) is 38.6. The summed E-state index contributed by atoms with van der Waals surface area (Å²) in [6, 6.07) is 0. The number of carbonyl (C=O) groups is 2. The lowest BCUT2D eigenvalue weighted by Gasteiger charge is -2.80. The molecule has 1 N–H and O–H groups in total. The van der Waals surface area contributed by atoms with E-state index in [2.05, 4.69) is 75.3 Å². The maximum absolute atomic E-state index is 14.5. The Morgan fingerprint density at radius 3 is 1.90 bits per heavy atom. The molecule has 290 valence electrons. The van der Waals surface area contributed by atoms with Crippen LogP contribution < -0.4 is 0 Å². The summed E-state index contributed by atoms with van der Waals surface area (Å²) in [5.74, 6) is 0.274. The molecular formula is C45H80O5. The highest BCUT2D eigenvalue weighted by atomic mass is 16.7. The number of aliphatic hydroxyl groups excluding tert-OH is 1. The van der Waals surface area contributed by atoms with Gasteiger partial charge in [-0.05, 0) is 136 Å². The number of carbonyl (C=O) groups excluding carboxylic acids is 2. The molecule has 0 unspecified atom stereocenters. The lowest BCUT2D eigenvalue weighted by molar-refractivity contribution is -0.306. The van der Waals surface area contributed by atoms with Gasteiger partial charge in [0.2, 0.25) is 6.79 Å². The third kappa shape index (κ3) is 5.20. The summed E-state index contributed by atoms with van der Waals surface area (Å²) in [4.78, 5) is 27.0. The van der Waals surface area contributed by atoms with Crippen LogP contribution in [0.1, 0.15) is 188 Å². The van der Waals surface area contributed by atoms with Crippen LogP contribution in [0.4, 0.5) is 0 Å². The Morgan fingerprint density at radius 2 is 1.36 bits per heavy atom. The van der Waals surface area contributed by atoms with Gasteiger partial charge in [-0.3, -0.25) is 9.59 Å². The molecule has 0 amide bonds. The standard InChI is InChI=1S/C41H68O5.2C2H6/c1-14-40-25-23-36(11)35(10)22-24-39(32(44)46-26-45-31(43)33(5,6)7)20-16-27(3)28(4)38(39,13)29(35)17-21-41(36,15-2)37(40,12)19-18-30(42)34(40,8)9;2*1-2/h17,27-28,30,42H,14-16,18-26H2,1-13H3;2*1-2H3/t27-,28+,30+,35-,36+,37+,38+,39-,40+,41+;;/m1../s1. The molecule has 10 atom stereocenters. The molecule has 5 nitrogen and oxygen atoms in total. The first-order valence-electron chi connectivity index (χ1n) is 20.8. The van der Waals surface area contributed by atoms with Gasteiger partial charge in [-0.1, -0.05) is 109 Å². The van der Waals surface area contributed by atoms with Crippen LogP contribution in [-0.2, 0) is 19.1 Å². The average Bonchev–Trinajstić information content (AvgIpc) is 3.07. The zero-order valence-electron chi connectivity index (χ0n) is 35.9. The van der Waals surface area contributed by atoms with Crippen molar-refractivity contribution in [1.29, 1.82) is 0 Å². The van der Waals surface area contributed by atoms with Gasteiger partial charge >= 0.3 is 11.9 Å². The summed E-state index contributed by atoms with van der Waals surface area (Å²) >= 11 is 0. The molecule has 5 heteroatoms. The smallest absolute Gasteiger partial charge is 0.315 e. The van der Waals surface area contributed by atoms with E-state index in [4.69, 9.17) is 9.47 Å². The second-order valence-corrected chi connectivity index (χ2v) is 19.3. The molecule has 5 aliphatic rings. The molecule has 4 fully saturated rings. The molecule has 0 aromatic rings. The zero-order valence-corrected chi connectivity index (χ0v) is 35.9. The topological polar surface area (TPSA) is 72.8 Å². The first-order valence-corrected chi connectivity index (χ1v) is 20.8. The number of hydrogen-bond acceptors (Lipinski definition) is 5. The Morgan fingerprint density at radius 1 is 0.780 bits per heavy atom. The number of hydrogen-bond donors (Lipinski definition) is 1. The van der Waals surface area contributed by atoms with Crippen LogP contribution in [0.15, 0.2) is 11.6 Å². The van der Waals surface area contributed by atoms with Crippen molar-refractivity contribution in [2.24, 2.45) is 60.6 Å². The summed E-state index contributed by atoms with van der Waals surface area (Å²) in [6.45, 7) is 37.7. The first-order chi connectivity index (χ1) is 23.1. The van der Waals surface area contributed by atoms with E-state index < -0.39 is 10.8 Å². The highest BCUT2D eigenvalue weighted by Crippen LogP contribution is 2.85. The molecule has 0 spiro atoms. The van der Waals surface area contributed by atoms with Gasteiger partial charge in [-0.15, -0.1) is 0 Å². The lowest BCUT2D eigenvalue weighted by Crippen LogP contribution is -2.74. The van der Waals surface area contributed by atoms with E-state index in [1.165, 1.54) is 5.57 Å². The van der Waals surface area contributed by atoms with Gasteiger partial charge in [0.1, 0.15) is 0 Å². The van der Waals surface area contributed by atoms with Crippen LogP contribution in [-0.4, -0.2) is 29.9 Å². The maximum Gasteiger partial charge on any atom is 0.315 e. The quantitative estimate of drug-likeness (QED) is 0.176. The second kappa shape index (κ2) is 14.1. The van der Waals surface area contributed by atoms with Crippen LogP contribution in [0.2, 0.25) is 0 Å². The van der Waals surface area contributed by atoms with Crippen molar-refractivity contribution in [2.75, 3.05) is 6.79 Å². The van der Waals surface area contributed by atoms with Crippen LogP contribution in [0.3, 0.4) is 0 Å². The van der Waals surface area contributed by atoms with E-state index in [-0.39, 0.29) is 62.7 Å². The monoisotopic (exact) mass is 701 g/mol. The van der Waals surface area contributed by atoms with Crippen LogP contribution >= 0.6 is 0 Å². The highest BCUT2D eigenvalue weighted by molar-refractivity contribution is 5.80. The molecule has 50 heavy (non-hydrogen) atoms. The highest BCUT2D eigenvalue weighted by Gasteiger charge is 2.79. The van der Waals surface area contributed by atoms with Gasteiger partial charge < -0.3 is 14.6 Å². The number of aliphatic hydroxyl groups is 1. The third-order valence-electron chi connectivity index (χ3n) is 17.7. The summed E-state index contributed by atoms with van der Waals surface area (Å²) < 4.78 is 11.4. The molecule has 5 aliphatic carbocycles. The van der Waals surface area contributed by atoms with Crippen molar-refractivity contribution in [3.63, 3.8) is 0 Å². The molecule has 0 saturated heterocycles. The predicted molar refractivity (Wildman–Crippen MR) is 207 cm³/mol. The van der Waals surface area contributed by atoms with Gasteiger partial charge in [0.05, 0.1) is 16.9 Å². The van der Waals surface area contributed by atoms with Gasteiger partial charge in [0.25, 0.3) is 0 Å². The Balaban J connectivity index is 0.00000163. The largest absolute Gasteiger partial charge is 0.427 e. The summed E-state index contributed by atoms with van der Waals surface area (Å²) in [7, 11) is 0. The minimum absolute atomic E-state index is 0.0480. The second-order valence-electron chi connectivity index (χ2n) is 19.3. The molecule has 0 aromatic carbocycles. The van der Waals surface area contributed by atoms with E-state index in [0.717, 1.165) is 70.6 Å². The van der Waals surface area contributed by atoms with Gasteiger partial charge in [0.15, 0.2) is 0 Å². The number of rotatable bonds is 5. The van der Waals surface area contributed by atoms with Crippen molar-refractivity contribution in [3.05, 3.63) is 11.6 Å². The average molecular weight is 701 g/mol. The summed E-state index contributed by atoms with van der Waals surface area (Å²) in [5, 5.41) is 11.5. The number of ether oxygens (including phenoxy) is 2. The number of esters is 2. The normalized spacial score (nSPS) is 44.5. The lowest BCUT2D eigenvalue weighted by atomic mass is 9.23. The molecule has 4 saturated carbocycles.